The molecule has 0 fully saturated rings. The number of halogens is 1. The average Bonchev–Trinajstić information content (AvgIpc) is 2.62. The zero-order valence-electron chi connectivity index (χ0n) is 15.0. The number of hydrogen-bond donors (Lipinski definition) is 1. The number of nitrogens with one attached hydrogen (secondary N) is 1. The number of benzene rings is 2. The fourth-order valence-electron chi connectivity index (χ4n) is 2.35. The van der Waals surface area contributed by atoms with Crippen LogP contribution in [0.3, 0.4) is 0 Å². The molecule has 1 amide bonds. The molecule has 0 bridgehead atoms. The standard InChI is InChI=1S/C17H17ClN4O5S/c1-12-14(18)7-5-9-15(12)21(28(2,26)27)11-17(23)20-19-10-13-6-3-4-8-16(13)22(24)25/h3-10H,11H2,1-2H3,(H,20,23)/b19-10-. The molecular weight excluding hydrogens is 408 g/mol. The predicted octanol–water partition coefficient (Wildman–Crippen LogP) is 2.47. The van der Waals surface area contributed by atoms with Crippen LogP contribution in [-0.4, -0.2) is 38.3 Å². The first-order valence-electron chi connectivity index (χ1n) is 7.89. The number of hydrogen-bond acceptors (Lipinski definition) is 6. The molecule has 0 atom stereocenters. The van der Waals surface area contributed by atoms with Gasteiger partial charge < -0.3 is 0 Å². The number of hydrazone groups is 1. The summed E-state index contributed by atoms with van der Waals surface area (Å²) in [5.41, 5.74) is 2.97. The van der Waals surface area contributed by atoms with E-state index in [4.69, 9.17) is 11.6 Å². The lowest BCUT2D eigenvalue weighted by molar-refractivity contribution is -0.385. The highest BCUT2D eigenvalue weighted by Crippen LogP contribution is 2.27. The van der Waals surface area contributed by atoms with E-state index in [2.05, 4.69) is 10.5 Å². The van der Waals surface area contributed by atoms with Crippen molar-refractivity contribution in [3.63, 3.8) is 0 Å². The number of rotatable bonds is 7. The Morgan fingerprint density at radius 3 is 2.61 bits per heavy atom. The number of para-hydroxylation sites is 1. The predicted molar refractivity (Wildman–Crippen MR) is 107 cm³/mol. The van der Waals surface area contributed by atoms with Crippen LogP contribution in [0.4, 0.5) is 11.4 Å². The van der Waals surface area contributed by atoms with Gasteiger partial charge in [-0.05, 0) is 30.7 Å². The van der Waals surface area contributed by atoms with Gasteiger partial charge in [-0.15, -0.1) is 0 Å². The van der Waals surface area contributed by atoms with Crippen LogP contribution in [0.5, 0.6) is 0 Å². The SMILES string of the molecule is Cc1c(Cl)cccc1N(CC(=O)N/N=C\c1ccccc1[N+](=O)[O-])S(C)(=O)=O. The van der Waals surface area contributed by atoms with Crippen molar-refractivity contribution in [1.82, 2.24) is 5.43 Å². The summed E-state index contributed by atoms with van der Waals surface area (Å²) >= 11 is 6.04. The van der Waals surface area contributed by atoms with Gasteiger partial charge in [0.15, 0.2) is 0 Å². The Bertz CT molecular complexity index is 1040. The van der Waals surface area contributed by atoms with E-state index >= 15 is 0 Å². The Hall–Kier alpha value is -2.98. The molecule has 2 rings (SSSR count). The number of sulfonamides is 1. The second-order valence-electron chi connectivity index (χ2n) is 5.76. The van der Waals surface area contributed by atoms with Gasteiger partial charge in [0, 0.05) is 11.1 Å². The second-order valence-corrected chi connectivity index (χ2v) is 8.08. The van der Waals surface area contributed by atoms with E-state index in [1.54, 1.807) is 25.1 Å². The molecule has 11 heteroatoms. The Labute approximate surface area is 166 Å². The Balaban J connectivity index is 2.18. The maximum atomic E-state index is 12.2. The van der Waals surface area contributed by atoms with Gasteiger partial charge in [0.2, 0.25) is 10.0 Å². The number of anilines is 1. The lowest BCUT2D eigenvalue weighted by atomic mass is 10.2. The molecule has 28 heavy (non-hydrogen) atoms. The van der Waals surface area contributed by atoms with Crippen LogP contribution in [0, 0.1) is 17.0 Å². The lowest BCUT2D eigenvalue weighted by Crippen LogP contribution is -2.39. The van der Waals surface area contributed by atoms with Crippen molar-refractivity contribution in [2.45, 2.75) is 6.92 Å². The van der Waals surface area contributed by atoms with Crippen LogP contribution < -0.4 is 9.73 Å². The minimum atomic E-state index is -3.77. The van der Waals surface area contributed by atoms with E-state index in [1.807, 2.05) is 0 Å². The Morgan fingerprint density at radius 1 is 1.29 bits per heavy atom. The largest absolute Gasteiger partial charge is 0.278 e. The number of amides is 1. The van der Waals surface area contributed by atoms with Crippen molar-refractivity contribution in [3.8, 4) is 0 Å². The van der Waals surface area contributed by atoms with Gasteiger partial charge in [-0.3, -0.25) is 19.2 Å². The van der Waals surface area contributed by atoms with Crippen molar-refractivity contribution in [2.75, 3.05) is 17.1 Å². The van der Waals surface area contributed by atoms with Crippen LogP contribution in [0.2, 0.25) is 5.02 Å². The minimum Gasteiger partial charge on any atom is -0.271 e. The zero-order valence-corrected chi connectivity index (χ0v) is 16.6. The normalized spacial score (nSPS) is 11.4. The molecule has 0 aromatic heterocycles. The van der Waals surface area contributed by atoms with Crippen LogP contribution in [0.15, 0.2) is 47.6 Å². The number of nitro groups is 1. The van der Waals surface area contributed by atoms with Gasteiger partial charge in [0.1, 0.15) is 6.54 Å². The molecule has 0 heterocycles. The highest BCUT2D eigenvalue weighted by Gasteiger charge is 2.23. The van der Waals surface area contributed by atoms with Gasteiger partial charge >= 0.3 is 0 Å². The number of nitro benzene ring substituents is 1. The highest BCUT2D eigenvalue weighted by molar-refractivity contribution is 7.92. The summed E-state index contributed by atoms with van der Waals surface area (Å²) in [6, 6.07) is 10.6. The first-order chi connectivity index (χ1) is 13.1. The molecule has 9 nitrogen and oxygen atoms in total. The molecule has 1 N–H and O–H groups in total. The summed E-state index contributed by atoms with van der Waals surface area (Å²) in [7, 11) is -3.77. The van der Waals surface area contributed by atoms with Crippen molar-refractivity contribution < 1.29 is 18.1 Å². The van der Waals surface area contributed by atoms with Crippen LogP contribution in [0.25, 0.3) is 0 Å². The van der Waals surface area contributed by atoms with Gasteiger partial charge in [0.05, 0.1) is 28.6 Å². The maximum Gasteiger partial charge on any atom is 0.278 e. The molecule has 0 saturated heterocycles. The van der Waals surface area contributed by atoms with Gasteiger partial charge in [-0.2, -0.15) is 5.10 Å². The first-order valence-corrected chi connectivity index (χ1v) is 10.1. The Kier molecular flexibility index (Phi) is 6.71. The summed E-state index contributed by atoms with van der Waals surface area (Å²) in [6.45, 7) is 1.11. The van der Waals surface area contributed by atoms with Crippen molar-refractivity contribution in [3.05, 3.63) is 68.7 Å². The van der Waals surface area contributed by atoms with Gasteiger partial charge in [-0.25, -0.2) is 13.8 Å². The Morgan fingerprint density at radius 2 is 1.96 bits per heavy atom. The molecule has 0 aliphatic heterocycles. The first kappa shape index (κ1) is 21.3. The average molecular weight is 425 g/mol. The second kappa shape index (κ2) is 8.81. The molecule has 0 radical (unpaired) electrons. The summed E-state index contributed by atoms with van der Waals surface area (Å²) < 4.78 is 25.2. The van der Waals surface area contributed by atoms with Crippen LogP contribution in [0.1, 0.15) is 11.1 Å². The fraction of sp³-hybridized carbons (Fsp3) is 0.176. The highest BCUT2D eigenvalue weighted by atomic mass is 35.5. The molecule has 0 aliphatic carbocycles. The summed E-state index contributed by atoms with van der Waals surface area (Å²) in [4.78, 5) is 22.6. The fourth-order valence-corrected chi connectivity index (χ4v) is 3.43. The zero-order chi connectivity index (χ0) is 20.9. The van der Waals surface area contributed by atoms with Crippen molar-refractivity contribution in [2.24, 2.45) is 5.10 Å². The van der Waals surface area contributed by atoms with Crippen LogP contribution >= 0.6 is 11.6 Å². The minimum absolute atomic E-state index is 0.173. The van der Waals surface area contributed by atoms with E-state index in [0.717, 1.165) is 16.8 Å². The molecule has 0 saturated carbocycles. The summed E-state index contributed by atoms with van der Waals surface area (Å²) in [6.07, 6.45) is 2.09. The number of nitrogens with zero attached hydrogens (tertiary/aromatic N) is 3. The smallest absolute Gasteiger partial charge is 0.271 e. The molecule has 148 valence electrons. The number of carbonyl (C=O) groups is 1. The number of carbonyl (C=O) groups excluding carboxylic acids is 1. The molecule has 0 aliphatic rings. The van der Waals surface area contributed by atoms with Gasteiger partial charge in [-0.1, -0.05) is 29.8 Å². The molecular formula is C17H17ClN4O5S. The van der Waals surface area contributed by atoms with Crippen molar-refractivity contribution >= 4 is 45.1 Å². The monoisotopic (exact) mass is 424 g/mol. The van der Waals surface area contributed by atoms with E-state index in [0.29, 0.717) is 10.6 Å². The lowest BCUT2D eigenvalue weighted by Gasteiger charge is -2.23. The maximum absolute atomic E-state index is 12.2. The van der Waals surface area contributed by atoms with E-state index in [9.17, 15) is 23.3 Å². The van der Waals surface area contributed by atoms with Crippen molar-refractivity contribution in [1.29, 1.82) is 0 Å². The van der Waals surface area contributed by atoms with Gasteiger partial charge in [0.25, 0.3) is 11.6 Å². The van der Waals surface area contributed by atoms with Crippen LogP contribution in [-0.2, 0) is 14.8 Å². The molecule has 0 unspecified atom stereocenters. The van der Waals surface area contributed by atoms with E-state index in [1.165, 1.54) is 24.3 Å². The molecule has 2 aromatic rings. The van der Waals surface area contributed by atoms with E-state index < -0.39 is 27.4 Å². The quantitative estimate of drug-likeness (QED) is 0.415. The van der Waals surface area contributed by atoms with E-state index in [-0.39, 0.29) is 16.9 Å². The molecule has 2 aromatic carbocycles. The summed E-state index contributed by atoms with van der Waals surface area (Å²) in [5, 5.41) is 15.0. The molecule has 0 spiro atoms. The third-order valence-corrected chi connectivity index (χ3v) is 5.26. The topological polar surface area (TPSA) is 122 Å². The third kappa shape index (κ3) is 5.27. The third-order valence-electron chi connectivity index (χ3n) is 3.72. The summed E-state index contributed by atoms with van der Waals surface area (Å²) in [5.74, 6) is -0.723.